The van der Waals surface area contributed by atoms with Crippen LogP contribution in [0.15, 0.2) is 24.5 Å². The minimum atomic E-state index is -1.48. The largest absolute Gasteiger partial charge is 0.456 e. The predicted octanol–water partition coefficient (Wildman–Crippen LogP) is 13.2. The molecule has 1 unspecified atom stereocenters. The van der Waals surface area contributed by atoms with E-state index in [4.69, 9.17) is 21.1 Å². The molecule has 0 saturated carbocycles. The lowest BCUT2D eigenvalue weighted by Crippen LogP contribution is -2.65. The summed E-state index contributed by atoms with van der Waals surface area (Å²) in [7, 11) is 1.87. The second-order valence-electron chi connectivity index (χ2n) is 19.8. The Morgan fingerprint density at radius 1 is 0.731 bits per heavy atom. The highest BCUT2D eigenvalue weighted by Crippen LogP contribution is 2.34. The second kappa shape index (κ2) is 38.8. The van der Waals surface area contributed by atoms with Crippen molar-refractivity contribution < 1.29 is 34.1 Å². The highest BCUT2D eigenvalue weighted by molar-refractivity contribution is 7.99. The Morgan fingerprint density at radius 2 is 1.19 bits per heavy atom. The summed E-state index contributed by atoms with van der Waals surface area (Å²) in [6.45, 7) is 8.90. The molecule has 1 aromatic heterocycles. The molecule has 2 rings (SSSR count). The summed E-state index contributed by atoms with van der Waals surface area (Å²) in [4.78, 5) is 46.9. The molecule has 0 aromatic carbocycles. The zero-order valence-electron chi connectivity index (χ0n) is 43.2. The van der Waals surface area contributed by atoms with Crippen molar-refractivity contribution in [2.75, 3.05) is 19.8 Å². The van der Waals surface area contributed by atoms with Crippen molar-refractivity contribution in [2.24, 2.45) is 5.92 Å². The van der Waals surface area contributed by atoms with Gasteiger partial charge in [0, 0.05) is 38.8 Å². The molecule has 388 valence electrons. The fourth-order valence-corrected chi connectivity index (χ4v) is 10.6. The van der Waals surface area contributed by atoms with E-state index in [9.17, 15) is 24.6 Å². The van der Waals surface area contributed by atoms with E-state index in [1.165, 1.54) is 147 Å². The van der Waals surface area contributed by atoms with Gasteiger partial charge in [0.25, 0.3) is 0 Å². The molecule has 12 heteroatoms. The topological polar surface area (TPSA) is 138 Å². The van der Waals surface area contributed by atoms with E-state index in [1.54, 1.807) is 25.6 Å². The number of nitrogens with one attached hydrogen (secondary N) is 1. The third-order valence-corrected chi connectivity index (χ3v) is 15.0. The lowest BCUT2D eigenvalue weighted by Gasteiger charge is -2.45. The minimum absolute atomic E-state index is 0.0516. The average molecular weight is 981 g/mol. The number of carbonyl (C=O) groups excluding carboxylic acids is 3. The summed E-state index contributed by atoms with van der Waals surface area (Å²) in [6.07, 6.45) is 35.2. The maximum absolute atomic E-state index is 14.5. The van der Waals surface area contributed by atoms with Gasteiger partial charge in [0.1, 0.15) is 23.7 Å². The quantitative estimate of drug-likeness (QED) is 0.0332. The number of aliphatic hydroxyl groups is 2. The van der Waals surface area contributed by atoms with Crippen LogP contribution in [-0.4, -0.2) is 99.0 Å². The van der Waals surface area contributed by atoms with E-state index >= 15 is 0 Å². The fourth-order valence-electron chi connectivity index (χ4n) is 9.68. The van der Waals surface area contributed by atoms with Crippen LogP contribution in [0.2, 0.25) is 0 Å². The molecule has 1 fully saturated rings. The van der Waals surface area contributed by atoms with Crippen molar-refractivity contribution in [2.45, 2.75) is 274 Å². The highest BCUT2D eigenvalue weighted by atomic mass is 35.5. The summed E-state index contributed by atoms with van der Waals surface area (Å²) in [5.41, 5.74) is 0.00433. The van der Waals surface area contributed by atoms with E-state index in [0.717, 1.165) is 44.1 Å². The summed E-state index contributed by atoms with van der Waals surface area (Å²) in [5, 5.41) is 25.4. The lowest BCUT2D eigenvalue weighted by molar-refractivity contribution is -0.218. The summed E-state index contributed by atoms with van der Waals surface area (Å²) in [5.74, 6) is -1.12. The molecular formula is C55H98ClN3O7S. The van der Waals surface area contributed by atoms with Crippen molar-refractivity contribution in [3.05, 3.63) is 30.1 Å². The van der Waals surface area contributed by atoms with Crippen LogP contribution in [0.4, 0.5) is 0 Å². The predicted molar refractivity (Wildman–Crippen MR) is 280 cm³/mol. The van der Waals surface area contributed by atoms with E-state index in [0.29, 0.717) is 25.8 Å². The monoisotopic (exact) mass is 980 g/mol. The number of ether oxygens (including phenoxy) is 2. The van der Waals surface area contributed by atoms with Crippen molar-refractivity contribution in [1.82, 2.24) is 15.2 Å². The lowest BCUT2D eigenvalue weighted by atomic mass is 9.85. The van der Waals surface area contributed by atoms with Crippen molar-refractivity contribution in [3.8, 4) is 0 Å². The van der Waals surface area contributed by atoms with Crippen LogP contribution in [0.1, 0.15) is 238 Å². The van der Waals surface area contributed by atoms with Crippen molar-refractivity contribution in [1.29, 1.82) is 0 Å². The Balaban J connectivity index is 1.92. The van der Waals surface area contributed by atoms with E-state index in [2.05, 4.69) is 31.1 Å². The molecule has 9 atom stereocenters. The Hall–Kier alpha value is -1.92. The number of hydrogen-bond acceptors (Lipinski definition) is 9. The Labute approximate surface area is 418 Å². The molecule has 0 aliphatic carbocycles. The molecule has 1 aromatic rings. The fraction of sp³-hybridized carbons (Fsp3) is 0.855. The van der Waals surface area contributed by atoms with Gasteiger partial charge in [-0.05, 0) is 62.5 Å². The van der Waals surface area contributed by atoms with Gasteiger partial charge in [-0.15, -0.1) is 23.4 Å². The zero-order chi connectivity index (χ0) is 49.1. The molecule has 67 heavy (non-hydrogen) atoms. The van der Waals surface area contributed by atoms with Crippen LogP contribution in [0.25, 0.3) is 0 Å². The van der Waals surface area contributed by atoms with Gasteiger partial charge < -0.3 is 29.9 Å². The van der Waals surface area contributed by atoms with Gasteiger partial charge in [-0.1, -0.05) is 181 Å². The SMILES string of the molecule is CCCCCCCCCCCCCCCC(=O)O[C@@H]1[C@@H](O)[C@@H](O)[C@H]([C@H](NC(=O)C(C[C@@H](CCC)CN(C)C(=O)CCCCCCCCCCCCCCC)c2ccncc2)[C@H](C)Cl)O[C@@H]1SC. The zero-order valence-corrected chi connectivity index (χ0v) is 44.8. The number of thioether (sulfide) groups is 1. The number of amides is 2. The Bertz CT molecular complexity index is 1390. The summed E-state index contributed by atoms with van der Waals surface area (Å²) in [6, 6.07) is 2.80. The number of nitrogens with zero attached hydrogens (tertiary/aromatic N) is 2. The van der Waals surface area contributed by atoms with Gasteiger partial charge in [-0.25, -0.2) is 0 Å². The molecule has 3 N–H and O–H groups in total. The number of esters is 1. The molecule has 0 spiro atoms. The number of pyridine rings is 1. The first-order valence-corrected chi connectivity index (χ1v) is 29.0. The van der Waals surface area contributed by atoms with E-state index in [1.807, 2.05) is 24.1 Å². The van der Waals surface area contributed by atoms with Gasteiger partial charge in [-0.2, -0.15) is 0 Å². The minimum Gasteiger partial charge on any atom is -0.456 e. The van der Waals surface area contributed by atoms with Crippen LogP contribution in [0.3, 0.4) is 0 Å². The molecule has 2 amide bonds. The normalized spacial score (nSPS) is 20.2. The van der Waals surface area contributed by atoms with Crippen molar-refractivity contribution >= 4 is 41.1 Å². The van der Waals surface area contributed by atoms with E-state index < -0.39 is 53.2 Å². The third-order valence-electron chi connectivity index (χ3n) is 13.9. The Morgan fingerprint density at radius 3 is 1.64 bits per heavy atom. The number of rotatable bonds is 41. The van der Waals surface area contributed by atoms with Gasteiger partial charge in [0.05, 0.1) is 17.3 Å². The van der Waals surface area contributed by atoms with Crippen LogP contribution in [0, 0.1) is 5.92 Å². The summed E-state index contributed by atoms with van der Waals surface area (Å²) < 4.78 is 12.2. The number of halogens is 1. The van der Waals surface area contributed by atoms with Gasteiger partial charge in [0.15, 0.2) is 6.10 Å². The first kappa shape index (κ1) is 61.2. The number of carbonyl (C=O) groups is 3. The average Bonchev–Trinajstić information content (AvgIpc) is 3.32. The van der Waals surface area contributed by atoms with Crippen LogP contribution < -0.4 is 5.32 Å². The smallest absolute Gasteiger partial charge is 0.306 e. The molecular weight excluding hydrogens is 882 g/mol. The summed E-state index contributed by atoms with van der Waals surface area (Å²) >= 11 is 8.05. The van der Waals surface area contributed by atoms with Gasteiger partial charge >= 0.3 is 5.97 Å². The van der Waals surface area contributed by atoms with Gasteiger partial charge in [-0.3, -0.25) is 19.4 Å². The molecule has 1 aliphatic rings. The molecule has 2 heterocycles. The third kappa shape index (κ3) is 26.2. The molecule has 1 saturated heterocycles. The molecule has 0 radical (unpaired) electrons. The number of hydrogen-bond donors (Lipinski definition) is 3. The van der Waals surface area contributed by atoms with Crippen LogP contribution >= 0.6 is 23.4 Å². The van der Waals surface area contributed by atoms with Crippen LogP contribution in [-0.2, 0) is 23.9 Å². The number of aromatic nitrogens is 1. The first-order valence-electron chi connectivity index (χ1n) is 27.3. The molecule has 0 bridgehead atoms. The molecule has 10 nitrogen and oxygen atoms in total. The van der Waals surface area contributed by atoms with Gasteiger partial charge in [0.2, 0.25) is 11.8 Å². The number of aliphatic hydroxyl groups excluding tert-OH is 2. The van der Waals surface area contributed by atoms with Crippen molar-refractivity contribution in [3.63, 3.8) is 0 Å². The van der Waals surface area contributed by atoms with Crippen LogP contribution in [0.5, 0.6) is 0 Å². The second-order valence-corrected chi connectivity index (χ2v) is 21.5. The maximum Gasteiger partial charge on any atom is 0.306 e. The maximum atomic E-state index is 14.5. The number of unbranched alkanes of at least 4 members (excludes halogenated alkanes) is 24. The standard InChI is InChI=1S/C55H98ClN3O7S/c1-7-10-12-14-16-18-20-22-24-26-28-30-32-35-47(60)59(5)42-44(34-9-3)41-46(45-37-39-57-40-38-45)54(64)58-49(43(4)56)52-50(62)51(63)53(55(66-52)67-6)65-48(61)36-33-31-29-27-25-23-21-19-17-15-13-11-8-2/h37-40,43-44,46,49-53,55,62-63H,7-36,41-42H2,1-6H3,(H,58,64)/t43-,44+,46?,49+,50+,51-,52-,53+,55+/m0/s1. The number of alkyl halides is 1. The highest BCUT2D eigenvalue weighted by Gasteiger charge is 2.50. The first-order chi connectivity index (χ1) is 32.5. The molecule has 1 aliphatic heterocycles. The van der Waals surface area contributed by atoms with E-state index in [-0.39, 0.29) is 24.2 Å². The Kier molecular flexibility index (Phi) is 35.4.